The first-order chi connectivity index (χ1) is 12.7. The van der Waals surface area contributed by atoms with Crippen LogP contribution in [0.2, 0.25) is 0 Å². The number of hydrogen-bond donors (Lipinski definition) is 3. The molecule has 6 heteroatoms. The average Bonchev–Trinajstić information content (AvgIpc) is 3.31. The number of nitrogens with zero attached hydrogens (tertiary/aromatic N) is 2. The largest absolute Gasteiger partial charge is 0.387 e. The quantitative estimate of drug-likeness (QED) is 0.503. The van der Waals surface area contributed by atoms with Gasteiger partial charge in [0.05, 0.1) is 12.1 Å². The number of rotatable bonds is 7. The van der Waals surface area contributed by atoms with Gasteiger partial charge in [-0.1, -0.05) is 24.3 Å². The van der Waals surface area contributed by atoms with Crippen molar-refractivity contribution in [2.24, 2.45) is 4.99 Å². The van der Waals surface area contributed by atoms with E-state index < -0.39 is 5.60 Å². The van der Waals surface area contributed by atoms with E-state index in [0.29, 0.717) is 13.1 Å². The first-order valence-corrected chi connectivity index (χ1v) is 10.9. The highest BCUT2D eigenvalue weighted by molar-refractivity contribution is 7.99. The van der Waals surface area contributed by atoms with Crippen molar-refractivity contribution in [2.45, 2.75) is 44.9 Å². The number of guanidine groups is 1. The lowest BCUT2D eigenvalue weighted by Gasteiger charge is -2.23. The Kier molecular flexibility index (Phi) is 7.23. The maximum atomic E-state index is 10.5. The molecule has 2 saturated heterocycles. The van der Waals surface area contributed by atoms with Crippen LogP contribution in [0.5, 0.6) is 0 Å². The van der Waals surface area contributed by atoms with Gasteiger partial charge in [-0.3, -0.25) is 4.90 Å². The van der Waals surface area contributed by atoms with Gasteiger partial charge in [0.15, 0.2) is 5.96 Å². The molecule has 1 aromatic rings. The summed E-state index contributed by atoms with van der Waals surface area (Å²) in [5.41, 5.74) is 1.99. The van der Waals surface area contributed by atoms with Crippen LogP contribution in [-0.2, 0) is 13.1 Å². The van der Waals surface area contributed by atoms with Crippen molar-refractivity contribution in [3.8, 4) is 0 Å². The number of likely N-dealkylation sites (tertiary alicyclic amines) is 1. The van der Waals surface area contributed by atoms with Gasteiger partial charge in [0, 0.05) is 25.4 Å². The fourth-order valence-electron chi connectivity index (χ4n) is 3.45. The van der Waals surface area contributed by atoms with Gasteiger partial charge in [-0.2, -0.15) is 11.8 Å². The van der Waals surface area contributed by atoms with Gasteiger partial charge in [0.1, 0.15) is 0 Å². The highest BCUT2D eigenvalue weighted by atomic mass is 32.2. The maximum Gasteiger partial charge on any atom is 0.191 e. The summed E-state index contributed by atoms with van der Waals surface area (Å²) in [6.45, 7) is 7.60. The van der Waals surface area contributed by atoms with Crippen LogP contribution in [0.3, 0.4) is 0 Å². The lowest BCUT2D eigenvalue weighted by atomic mass is 10.0. The van der Waals surface area contributed by atoms with Crippen LogP contribution in [0.4, 0.5) is 0 Å². The molecule has 1 aromatic carbocycles. The van der Waals surface area contributed by atoms with Crippen molar-refractivity contribution >= 4 is 17.7 Å². The molecule has 0 aromatic heterocycles. The van der Waals surface area contributed by atoms with Crippen LogP contribution in [0, 0.1) is 0 Å². The number of benzene rings is 1. The van der Waals surface area contributed by atoms with Crippen molar-refractivity contribution in [3.05, 3.63) is 35.4 Å². The Morgan fingerprint density at radius 3 is 2.58 bits per heavy atom. The second-order valence-electron chi connectivity index (χ2n) is 7.38. The Hall–Kier alpha value is -1.24. The van der Waals surface area contributed by atoms with Crippen LogP contribution in [0.1, 0.15) is 37.3 Å². The molecule has 5 nitrogen and oxygen atoms in total. The number of nitrogens with one attached hydrogen (secondary N) is 2. The van der Waals surface area contributed by atoms with E-state index in [-0.39, 0.29) is 0 Å². The van der Waals surface area contributed by atoms with E-state index in [2.05, 4.69) is 51.7 Å². The smallest absolute Gasteiger partial charge is 0.191 e. The zero-order valence-electron chi connectivity index (χ0n) is 15.8. The van der Waals surface area contributed by atoms with Crippen molar-refractivity contribution in [1.29, 1.82) is 0 Å². The minimum absolute atomic E-state index is 0.556. The first-order valence-electron chi connectivity index (χ1n) is 9.79. The molecule has 2 aliphatic heterocycles. The minimum Gasteiger partial charge on any atom is -0.387 e. The molecule has 0 spiro atoms. The van der Waals surface area contributed by atoms with Gasteiger partial charge < -0.3 is 15.7 Å². The average molecular weight is 377 g/mol. The fourth-order valence-corrected chi connectivity index (χ4v) is 4.74. The molecular weight excluding hydrogens is 344 g/mol. The molecule has 3 rings (SSSR count). The summed E-state index contributed by atoms with van der Waals surface area (Å²) in [7, 11) is 0. The Morgan fingerprint density at radius 2 is 1.92 bits per heavy atom. The van der Waals surface area contributed by atoms with Crippen LogP contribution < -0.4 is 10.6 Å². The number of thioether (sulfide) groups is 1. The van der Waals surface area contributed by atoms with Gasteiger partial charge >= 0.3 is 0 Å². The lowest BCUT2D eigenvalue weighted by molar-refractivity contribution is 0.0724. The van der Waals surface area contributed by atoms with E-state index in [1.165, 1.54) is 37.1 Å². The van der Waals surface area contributed by atoms with Crippen molar-refractivity contribution in [1.82, 2.24) is 15.5 Å². The predicted molar refractivity (Wildman–Crippen MR) is 111 cm³/mol. The minimum atomic E-state index is -0.599. The van der Waals surface area contributed by atoms with Crippen molar-refractivity contribution in [3.63, 3.8) is 0 Å². The van der Waals surface area contributed by atoms with Crippen molar-refractivity contribution in [2.75, 3.05) is 37.7 Å². The summed E-state index contributed by atoms with van der Waals surface area (Å²) in [6.07, 6.45) is 3.52. The van der Waals surface area contributed by atoms with Gasteiger partial charge in [-0.25, -0.2) is 4.99 Å². The van der Waals surface area contributed by atoms with E-state index in [9.17, 15) is 5.11 Å². The molecule has 1 atom stereocenters. The molecule has 0 amide bonds. The SMILES string of the molecule is CCNC(=NCc1ccc(CN2CCCC2)cc1)NCC1(O)CCSC1. The van der Waals surface area contributed by atoms with Crippen molar-refractivity contribution < 1.29 is 5.11 Å². The summed E-state index contributed by atoms with van der Waals surface area (Å²) in [5, 5.41) is 17.0. The maximum absolute atomic E-state index is 10.5. The molecule has 2 fully saturated rings. The monoisotopic (exact) mass is 376 g/mol. The molecule has 0 bridgehead atoms. The summed E-state index contributed by atoms with van der Waals surface area (Å²) < 4.78 is 0. The van der Waals surface area contributed by atoms with Gasteiger partial charge in [0.2, 0.25) is 0 Å². The Morgan fingerprint density at radius 1 is 1.19 bits per heavy atom. The van der Waals surface area contributed by atoms with Crippen LogP contribution in [0.25, 0.3) is 0 Å². The zero-order chi connectivity index (χ0) is 18.2. The lowest BCUT2D eigenvalue weighted by Crippen LogP contribution is -2.47. The summed E-state index contributed by atoms with van der Waals surface area (Å²) in [4.78, 5) is 7.20. The third kappa shape index (κ3) is 5.89. The highest BCUT2D eigenvalue weighted by Crippen LogP contribution is 2.26. The molecule has 0 aliphatic carbocycles. The fraction of sp³-hybridized carbons (Fsp3) is 0.650. The molecule has 144 valence electrons. The topological polar surface area (TPSA) is 59.9 Å². The van der Waals surface area contributed by atoms with E-state index in [4.69, 9.17) is 0 Å². The summed E-state index contributed by atoms with van der Waals surface area (Å²) in [6, 6.07) is 8.81. The second kappa shape index (κ2) is 9.62. The van der Waals surface area contributed by atoms with E-state index in [1.54, 1.807) is 0 Å². The third-order valence-electron chi connectivity index (χ3n) is 5.06. The first kappa shape index (κ1) is 19.5. The zero-order valence-corrected chi connectivity index (χ0v) is 16.7. The molecule has 2 aliphatic rings. The third-order valence-corrected chi connectivity index (χ3v) is 6.29. The molecule has 0 radical (unpaired) electrons. The van der Waals surface area contributed by atoms with E-state index in [1.807, 2.05) is 11.8 Å². The van der Waals surface area contributed by atoms with Crippen LogP contribution in [0.15, 0.2) is 29.3 Å². The van der Waals surface area contributed by atoms with Crippen LogP contribution in [-0.4, -0.2) is 59.3 Å². The molecular formula is C20H32N4OS. The molecule has 1 unspecified atom stereocenters. The van der Waals surface area contributed by atoms with E-state index in [0.717, 1.165) is 37.0 Å². The molecule has 26 heavy (non-hydrogen) atoms. The second-order valence-corrected chi connectivity index (χ2v) is 8.48. The van der Waals surface area contributed by atoms with Gasteiger partial charge in [0.25, 0.3) is 0 Å². The molecule has 2 heterocycles. The summed E-state index contributed by atoms with van der Waals surface area (Å²) in [5.74, 6) is 2.62. The van der Waals surface area contributed by atoms with Gasteiger partial charge in [-0.05, 0) is 56.2 Å². The molecule has 0 saturated carbocycles. The van der Waals surface area contributed by atoms with Gasteiger partial charge in [-0.15, -0.1) is 0 Å². The Bertz CT molecular complexity index is 578. The number of hydrogen-bond acceptors (Lipinski definition) is 4. The number of aliphatic hydroxyl groups is 1. The Balaban J connectivity index is 1.51. The normalized spacial score (nSPS) is 24.2. The van der Waals surface area contributed by atoms with Crippen LogP contribution >= 0.6 is 11.8 Å². The Labute approximate surface area is 161 Å². The predicted octanol–water partition coefficient (Wildman–Crippen LogP) is 2.21. The number of aliphatic imine (C=N–C) groups is 1. The highest BCUT2D eigenvalue weighted by Gasteiger charge is 2.31. The molecule has 3 N–H and O–H groups in total. The van der Waals surface area contributed by atoms with E-state index >= 15 is 0 Å². The summed E-state index contributed by atoms with van der Waals surface area (Å²) >= 11 is 1.81. The standard InChI is InChI=1S/C20H32N4OS/c1-2-21-19(23-15-20(25)9-12-26-16-20)22-13-17-5-7-18(8-6-17)14-24-10-3-4-11-24/h5-8,25H,2-4,9-16H2,1H3,(H2,21,22,23).